The smallest absolute Gasteiger partial charge is 0.202 e. The fourth-order valence-electron chi connectivity index (χ4n) is 6.43. The van der Waals surface area contributed by atoms with Crippen LogP contribution in [0, 0.1) is 24.8 Å². The first-order valence-corrected chi connectivity index (χ1v) is 13.5. The number of hydrogen-bond donors (Lipinski definition) is 0. The molecule has 0 aliphatic carbocycles. The minimum absolute atomic E-state index is 0.151. The maximum Gasteiger partial charge on any atom is 0.202 e. The first kappa shape index (κ1) is 24.3. The quantitative estimate of drug-likeness (QED) is 0.158. The van der Waals surface area contributed by atoms with Gasteiger partial charge >= 0.3 is 0 Å². The van der Waals surface area contributed by atoms with Gasteiger partial charge < -0.3 is 4.90 Å². The van der Waals surface area contributed by atoms with Gasteiger partial charge in [0.2, 0.25) is 5.69 Å². The monoisotopic (exact) mass is 495 g/mol. The molecule has 2 heterocycles. The number of rotatable bonds is 2. The van der Waals surface area contributed by atoms with Gasteiger partial charge in [0.15, 0.2) is 0 Å². The van der Waals surface area contributed by atoms with Crippen LogP contribution >= 0.6 is 0 Å². The van der Waals surface area contributed by atoms with E-state index in [1.165, 1.54) is 35.2 Å². The van der Waals surface area contributed by atoms with Crippen molar-refractivity contribution < 1.29 is 0 Å². The molecule has 0 spiro atoms. The third-order valence-electron chi connectivity index (χ3n) is 8.88. The molecular weight excluding hydrogens is 462 g/mol. The summed E-state index contributed by atoms with van der Waals surface area (Å²) in [6.45, 7) is 21.7. The Morgan fingerprint density at radius 1 is 0.816 bits per heavy atom. The zero-order valence-corrected chi connectivity index (χ0v) is 22.9. The molecule has 0 saturated carbocycles. The third kappa shape index (κ3) is 3.69. The summed E-state index contributed by atoms with van der Waals surface area (Å²) in [5, 5.41) is 13.4. The summed E-state index contributed by atoms with van der Waals surface area (Å²) in [5.74, 6) is 0. The van der Waals surface area contributed by atoms with Gasteiger partial charge in [-0.15, -0.1) is 0 Å². The zero-order valence-electron chi connectivity index (χ0n) is 22.9. The van der Waals surface area contributed by atoms with Gasteiger partial charge in [-0.05, 0) is 86.5 Å². The normalized spacial score (nSPS) is 17.4. The van der Waals surface area contributed by atoms with Crippen molar-refractivity contribution in [2.75, 3.05) is 18.0 Å². The second kappa shape index (κ2) is 8.47. The molecule has 38 heavy (non-hydrogen) atoms. The molecule has 3 nitrogen and oxygen atoms in total. The van der Waals surface area contributed by atoms with Gasteiger partial charge in [0.1, 0.15) is 6.07 Å². The minimum Gasteiger partial charge on any atom is -0.371 e. The molecule has 3 heteroatoms. The van der Waals surface area contributed by atoms with Crippen molar-refractivity contribution >= 4 is 45.1 Å². The van der Waals surface area contributed by atoms with E-state index >= 15 is 0 Å². The maximum atomic E-state index is 10.0. The van der Waals surface area contributed by atoms with E-state index in [9.17, 15) is 5.26 Å². The Labute approximate surface area is 225 Å². The topological polar surface area (TPSA) is 31.4 Å². The molecule has 2 aliphatic heterocycles. The van der Waals surface area contributed by atoms with Crippen molar-refractivity contribution in [3.63, 3.8) is 0 Å². The zero-order chi connectivity index (χ0) is 26.8. The average molecular weight is 496 g/mol. The molecule has 0 saturated heterocycles. The van der Waals surface area contributed by atoms with Crippen molar-refractivity contribution in [1.82, 2.24) is 0 Å². The fourth-order valence-corrected chi connectivity index (χ4v) is 6.43. The van der Waals surface area contributed by atoms with Gasteiger partial charge in [-0.1, -0.05) is 81.8 Å². The van der Waals surface area contributed by atoms with E-state index in [0.717, 1.165) is 45.8 Å². The first-order chi connectivity index (χ1) is 18.1. The third-order valence-corrected chi connectivity index (χ3v) is 8.88. The van der Waals surface area contributed by atoms with E-state index in [1.807, 2.05) is 31.2 Å². The molecule has 4 aromatic carbocycles. The van der Waals surface area contributed by atoms with E-state index in [0.29, 0.717) is 11.3 Å². The van der Waals surface area contributed by atoms with Crippen LogP contribution in [0.4, 0.5) is 11.4 Å². The van der Waals surface area contributed by atoms with Crippen LogP contribution < -0.4 is 4.90 Å². The number of nitriles is 1. The lowest BCUT2D eigenvalue weighted by molar-refractivity contribution is 0.401. The highest BCUT2D eigenvalue weighted by atomic mass is 15.2. The van der Waals surface area contributed by atoms with Crippen LogP contribution in [0.2, 0.25) is 0 Å². The van der Waals surface area contributed by atoms with E-state index in [-0.39, 0.29) is 10.8 Å². The Bertz CT molecular complexity index is 1710. The van der Waals surface area contributed by atoms with E-state index in [1.54, 1.807) is 0 Å². The van der Waals surface area contributed by atoms with Crippen LogP contribution in [0.3, 0.4) is 0 Å². The Morgan fingerprint density at radius 2 is 1.45 bits per heavy atom. The Balaban J connectivity index is 1.49. The van der Waals surface area contributed by atoms with Crippen LogP contribution in [0.15, 0.2) is 48.5 Å². The Morgan fingerprint density at radius 3 is 2.08 bits per heavy atom. The number of aryl methyl sites for hydroxylation is 1. The van der Waals surface area contributed by atoms with Crippen molar-refractivity contribution in [2.45, 2.75) is 58.3 Å². The summed E-state index contributed by atoms with van der Waals surface area (Å²) < 4.78 is 0. The summed E-state index contributed by atoms with van der Waals surface area (Å²) in [4.78, 5) is 6.52. The van der Waals surface area contributed by atoms with Gasteiger partial charge in [0.05, 0.1) is 12.1 Å². The Hall–Kier alpha value is -4.08. The Kier molecular flexibility index (Phi) is 5.41. The SMILES string of the molecule is [C-]#[N+]c1c2ccc(C)cc2c(C#N)c2ccc(C=Cc3cc4c5c(c3)C(C)(C)CCN5CCC4(C)C)cc12. The molecule has 2 aliphatic rings. The molecule has 0 radical (unpaired) electrons. The van der Waals surface area contributed by atoms with Crippen LogP contribution in [0.25, 0.3) is 38.5 Å². The lowest BCUT2D eigenvalue weighted by atomic mass is 9.69. The van der Waals surface area contributed by atoms with Crippen molar-refractivity contribution in [3.8, 4) is 6.07 Å². The number of anilines is 1. The number of fused-ring (bicyclic) bond motifs is 2. The van der Waals surface area contributed by atoms with Gasteiger partial charge in [0, 0.05) is 18.8 Å². The summed E-state index contributed by atoms with van der Waals surface area (Å²) >= 11 is 0. The van der Waals surface area contributed by atoms with E-state index < -0.39 is 0 Å². The largest absolute Gasteiger partial charge is 0.371 e. The molecule has 0 aromatic heterocycles. The van der Waals surface area contributed by atoms with Crippen molar-refractivity contribution in [3.05, 3.63) is 93.3 Å². The molecule has 188 valence electrons. The lowest BCUT2D eigenvalue weighted by Gasteiger charge is -2.48. The van der Waals surface area contributed by atoms with Crippen LogP contribution in [-0.4, -0.2) is 13.1 Å². The molecule has 4 aromatic rings. The van der Waals surface area contributed by atoms with Crippen LogP contribution in [0.5, 0.6) is 0 Å². The predicted octanol–water partition coefficient (Wildman–Crippen LogP) is 9.06. The number of hydrogen-bond acceptors (Lipinski definition) is 2. The highest BCUT2D eigenvalue weighted by Crippen LogP contribution is 2.49. The highest BCUT2D eigenvalue weighted by Gasteiger charge is 2.39. The predicted molar refractivity (Wildman–Crippen MR) is 160 cm³/mol. The van der Waals surface area contributed by atoms with Gasteiger partial charge in [-0.3, -0.25) is 0 Å². The number of nitrogens with zero attached hydrogens (tertiary/aromatic N) is 3. The van der Waals surface area contributed by atoms with Crippen molar-refractivity contribution in [2.24, 2.45) is 0 Å². The average Bonchev–Trinajstić information content (AvgIpc) is 2.89. The molecule has 0 atom stereocenters. The first-order valence-electron chi connectivity index (χ1n) is 13.5. The summed E-state index contributed by atoms with van der Waals surface area (Å²) in [5.41, 5.74) is 9.29. The van der Waals surface area contributed by atoms with E-state index in [4.69, 9.17) is 6.57 Å². The molecular formula is C35H33N3. The highest BCUT2D eigenvalue weighted by molar-refractivity contribution is 6.15. The van der Waals surface area contributed by atoms with Crippen LogP contribution in [0.1, 0.15) is 73.9 Å². The second-order valence-corrected chi connectivity index (χ2v) is 12.4. The summed E-state index contributed by atoms with van der Waals surface area (Å²) in [6, 6.07) is 19.3. The summed E-state index contributed by atoms with van der Waals surface area (Å²) in [6.07, 6.45) is 6.71. The van der Waals surface area contributed by atoms with Crippen molar-refractivity contribution in [1.29, 1.82) is 5.26 Å². The summed E-state index contributed by atoms with van der Waals surface area (Å²) in [7, 11) is 0. The second-order valence-electron chi connectivity index (χ2n) is 12.4. The minimum atomic E-state index is 0.151. The lowest BCUT2D eigenvalue weighted by Crippen LogP contribution is -2.44. The fraction of sp³-hybridized carbons (Fsp3) is 0.314. The van der Waals surface area contributed by atoms with E-state index in [2.05, 4.69) is 79.9 Å². The van der Waals surface area contributed by atoms with Crippen LogP contribution in [-0.2, 0) is 10.8 Å². The van der Waals surface area contributed by atoms with Gasteiger partial charge in [-0.2, -0.15) is 5.26 Å². The molecule has 0 bridgehead atoms. The standard InChI is InChI=1S/C35H33N3/c1-22-7-11-26-27(17-22)29(21-36)25-12-10-23(18-28(25)32(26)37-6)8-9-24-19-30-33-31(20-24)35(4,5)14-16-38(33)15-13-34(30,2)3/h7-12,17-20H,13-16H2,1-5H3. The molecule has 0 amide bonds. The van der Waals surface area contributed by atoms with Gasteiger partial charge in [0.25, 0.3) is 0 Å². The molecule has 0 N–H and O–H groups in total. The van der Waals surface area contributed by atoms with Gasteiger partial charge in [-0.25, -0.2) is 4.85 Å². The molecule has 0 unspecified atom stereocenters. The molecule has 6 rings (SSSR count). The number of benzene rings is 4. The maximum absolute atomic E-state index is 10.0. The molecule has 0 fully saturated rings.